The van der Waals surface area contributed by atoms with E-state index in [1.54, 1.807) is 14.2 Å². The molecule has 0 bridgehead atoms. The molecule has 2 aromatic carbocycles. The molecule has 0 unspecified atom stereocenters. The van der Waals surface area contributed by atoms with Crippen LogP contribution in [0.3, 0.4) is 0 Å². The Kier molecular flexibility index (Phi) is 5.87. The Hall–Kier alpha value is -3.06. The fourth-order valence-corrected chi connectivity index (χ4v) is 4.64. The highest BCUT2D eigenvalue weighted by atomic mass is 32.1. The molecule has 2 N–H and O–H groups in total. The molecule has 6 nitrogen and oxygen atoms in total. The molecule has 0 amide bonds. The van der Waals surface area contributed by atoms with Crippen LogP contribution in [-0.2, 0) is 6.42 Å². The molecule has 0 aliphatic carbocycles. The van der Waals surface area contributed by atoms with Gasteiger partial charge in [0.1, 0.15) is 0 Å². The molecule has 4 rings (SSSR count). The van der Waals surface area contributed by atoms with E-state index >= 15 is 0 Å². The predicted molar refractivity (Wildman–Crippen MR) is 127 cm³/mol. The van der Waals surface area contributed by atoms with Gasteiger partial charge in [0.2, 0.25) is 0 Å². The summed E-state index contributed by atoms with van der Waals surface area (Å²) in [5.74, 6) is 1.32. The number of ether oxygens (including phenoxy) is 2. The van der Waals surface area contributed by atoms with Crippen LogP contribution >= 0.6 is 12.2 Å². The van der Waals surface area contributed by atoms with E-state index in [-0.39, 0.29) is 11.6 Å². The molecule has 2 heterocycles. The van der Waals surface area contributed by atoms with Gasteiger partial charge in [0.25, 0.3) is 5.56 Å². The van der Waals surface area contributed by atoms with Gasteiger partial charge in [-0.1, -0.05) is 11.6 Å². The van der Waals surface area contributed by atoms with Gasteiger partial charge >= 0.3 is 0 Å². The summed E-state index contributed by atoms with van der Waals surface area (Å²) in [6.07, 6.45) is 0.794. The zero-order chi connectivity index (χ0) is 22.1. The van der Waals surface area contributed by atoms with Crippen LogP contribution < -0.4 is 20.3 Å². The van der Waals surface area contributed by atoms with Crippen molar-refractivity contribution in [2.75, 3.05) is 27.3 Å². The number of fused-ring (bicyclic) bond motifs is 2. The Labute approximate surface area is 187 Å². The van der Waals surface area contributed by atoms with Crippen LogP contribution in [0.2, 0.25) is 0 Å². The molecule has 7 heteroatoms. The van der Waals surface area contributed by atoms with Gasteiger partial charge in [-0.3, -0.25) is 4.79 Å². The number of pyridine rings is 1. The van der Waals surface area contributed by atoms with Crippen LogP contribution in [0.25, 0.3) is 10.9 Å². The first kappa shape index (κ1) is 21.2. The quantitative estimate of drug-likeness (QED) is 0.607. The topological polar surface area (TPSA) is 66.6 Å². The number of hydrogen-bond donors (Lipinski definition) is 2. The van der Waals surface area contributed by atoms with E-state index in [0.29, 0.717) is 35.3 Å². The third-order valence-corrected chi connectivity index (χ3v) is 6.16. The fourth-order valence-electron chi connectivity index (χ4n) is 4.30. The minimum atomic E-state index is -0.330. The highest BCUT2D eigenvalue weighted by Crippen LogP contribution is 2.40. The normalized spacial score (nSPS) is 15.5. The number of nitrogens with zero attached hydrogens (tertiary/aromatic N) is 1. The number of aromatic nitrogens is 1. The summed E-state index contributed by atoms with van der Waals surface area (Å²) in [4.78, 5) is 18.4. The summed E-state index contributed by atoms with van der Waals surface area (Å²) in [6, 6.07) is 11.7. The first-order valence-corrected chi connectivity index (χ1v) is 10.8. The Bertz CT molecular complexity index is 1200. The number of aryl methyl sites for hydroxylation is 1. The van der Waals surface area contributed by atoms with Gasteiger partial charge in [-0.05, 0) is 79.3 Å². The molecule has 1 aromatic heterocycles. The van der Waals surface area contributed by atoms with Crippen molar-refractivity contribution in [1.82, 2.24) is 15.2 Å². The molecule has 0 radical (unpaired) electrons. The Morgan fingerprint density at radius 3 is 2.61 bits per heavy atom. The van der Waals surface area contributed by atoms with Crippen LogP contribution in [0, 0.1) is 6.92 Å². The maximum Gasteiger partial charge on any atom is 0.254 e. The summed E-state index contributed by atoms with van der Waals surface area (Å²) in [5.41, 5.74) is 4.63. The highest BCUT2D eigenvalue weighted by Gasteiger charge is 2.33. The lowest BCUT2D eigenvalue weighted by Crippen LogP contribution is -2.47. The number of methoxy groups -OCH3 is 2. The molecular formula is C24H27N3O3S. The van der Waals surface area contributed by atoms with Crippen molar-refractivity contribution in [3.05, 3.63) is 69.0 Å². The van der Waals surface area contributed by atoms with E-state index in [2.05, 4.69) is 21.3 Å². The summed E-state index contributed by atoms with van der Waals surface area (Å²) < 4.78 is 11.1. The first-order chi connectivity index (χ1) is 15.0. The van der Waals surface area contributed by atoms with Gasteiger partial charge in [-0.15, -0.1) is 0 Å². The molecular weight excluding hydrogens is 410 g/mol. The summed E-state index contributed by atoms with van der Waals surface area (Å²) in [6.45, 7) is 5.47. The lowest BCUT2D eigenvalue weighted by Gasteiger charge is -2.39. The van der Waals surface area contributed by atoms with E-state index in [0.717, 1.165) is 34.0 Å². The first-order valence-electron chi connectivity index (χ1n) is 10.4. The lowest BCUT2D eigenvalue weighted by atomic mass is 9.88. The van der Waals surface area contributed by atoms with E-state index in [1.165, 1.54) is 0 Å². The standard InChI is InChI=1S/C24H27N3O3S/c1-5-25-24(31)27-9-8-15-12-20(29-3)21(30-4)13-17(15)22(27)18-11-16-10-14(2)6-7-19(16)26-23(18)28/h6-7,10-13,22H,5,8-9H2,1-4H3,(H,25,31)(H,26,28)/t22-/m0/s1. The van der Waals surface area contributed by atoms with Gasteiger partial charge in [0.05, 0.1) is 20.3 Å². The summed E-state index contributed by atoms with van der Waals surface area (Å²) in [5, 5.41) is 4.88. The van der Waals surface area contributed by atoms with E-state index in [4.69, 9.17) is 21.7 Å². The molecule has 0 saturated carbocycles. The number of nitrogens with one attached hydrogen (secondary N) is 2. The molecule has 3 aromatic rings. The average molecular weight is 438 g/mol. The van der Waals surface area contributed by atoms with Crippen LogP contribution in [0.4, 0.5) is 0 Å². The second-order valence-corrected chi connectivity index (χ2v) is 8.12. The molecule has 1 aliphatic rings. The summed E-state index contributed by atoms with van der Waals surface area (Å²) in [7, 11) is 3.25. The summed E-state index contributed by atoms with van der Waals surface area (Å²) >= 11 is 5.70. The number of rotatable bonds is 4. The largest absolute Gasteiger partial charge is 0.493 e. The average Bonchev–Trinajstić information content (AvgIpc) is 2.77. The third kappa shape index (κ3) is 3.85. The molecule has 1 atom stereocenters. The van der Waals surface area contributed by atoms with Crippen LogP contribution in [-0.4, -0.2) is 42.3 Å². The van der Waals surface area contributed by atoms with Crippen molar-refractivity contribution >= 4 is 28.2 Å². The lowest BCUT2D eigenvalue weighted by molar-refractivity contribution is 0.323. The highest BCUT2D eigenvalue weighted by molar-refractivity contribution is 7.80. The minimum Gasteiger partial charge on any atom is -0.493 e. The Morgan fingerprint density at radius 1 is 1.16 bits per heavy atom. The van der Waals surface area contributed by atoms with Crippen molar-refractivity contribution < 1.29 is 9.47 Å². The Morgan fingerprint density at radius 2 is 1.90 bits per heavy atom. The number of aromatic amines is 1. The van der Waals surface area contributed by atoms with Crippen molar-refractivity contribution in [3.8, 4) is 11.5 Å². The van der Waals surface area contributed by atoms with Crippen molar-refractivity contribution in [2.24, 2.45) is 0 Å². The SMILES string of the molecule is CCNC(=S)N1CCc2cc(OC)c(OC)cc2[C@H]1c1cc2cc(C)ccc2[nH]c1=O. The zero-order valence-corrected chi connectivity index (χ0v) is 19.1. The molecule has 0 fully saturated rings. The maximum atomic E-state index is 13.2. The van der Waals surface area contributed by atoms with Gasteiger partial charge in [0.15, 0.2) is 16.6 Å². The smallest absolute Gasteiger partial charge is 0.254 e. The molecule has 162 valence electrons. The molecule has 0 spiro atoms. The zero-order valence-electron chi connectivity index (χ0n) is 18.2. The van der Waals surface area contributed by atoms with Crippen molar-refractivity contribution in [1.29, 1.82) is 0 Å². The van der Waals surface area contributed by atoms with Gasteiger partial charge in [0, 0.05) is 24.2 Å². The third-order valence-electron chi connectivity index (χ3n) is 5.79. The van der Waals surface area contributed by atoms with E-state index in [9.17, 15) is 4.79 Å². The number of thiocarbonyl (C=S) groups is 1. The number of benzene rings is 2. The monoisotopic (exact) mass is 437 g/mol. The van der Waals surface area contributed by atoms with Gasteiger partial charge in [-0.2, -0.15) is 0 Å². The van der Waals surface area contributed by atoms with Gasteiger partial charge < -0.3 is 24.7 Å². The second-order valence-electron chi connectivity index (χ2n) is 7.73. The molecule has 0 saturated heterocycles. The van der Waals surface area contributed by atoms with Crippen LogP contribution in [0.5, 0.6) is 11.5 Å². The Balaban J connectivity index is 1.95. The number of hydrogen-bond acceptors (Lipinski definition) is 4. The van der Waals surface area contributed by atoms with E-state index in [1.807, 2.05) is 44.2 Å². The van der Waals surface area contributed by atoms with E-state index < -0.39 is 0 Å². The maximum absolute atomic E-state index is 13.2. The molecule has 1 aliphatic heterocycles. The predicted octanol–water partition coefficient (Wildman–Crippen LogP) is 3.70. The second kappa shape index (κ2) is 8.59. The molecule has 31 heavy (non-hydrogen) atoms. The van der Waals surface area contributed by atoms with Crippen LogP contribution in [0.1, 0.15) is 35.2 Å². The van der Waals surface area contributed by atoms with Crippen LogP contribution in [0.15, 0.2) is 41.2 Å². The fraction of sp³-hybridized carbons (Fsp3) is 0.333. The minimum absolute atomic E-state index is 0.117. The number of H-pyrrole nitrogens is 1. The van der Waals surface area contributed by atoms with Crippen molar-refractivity contribution in [2.45, 2.75) is 26.3 Å². The van der Waals surface area contributed by atoms with Crippen molar-refractivity contribution in [3.63, 3.8) is 0 Å². The van der Waals surface area contributed by atoms with Gasteiger partial charge in [-0.25, -0.2) is 0 Å².